The molecule has 2 aromatic heterocycles. The quantitative estimate of drug-likeness (QED) is 0.803. The maximum atomic E-state index is 11.5. The maximum absolute atomic E-state index is 11.5. The first-order chi connectivity index (χ1) is 10.1. The Morgan fingerprint density at radius 2 is 2.14 bits per heavy atom. The molecule has 3 rings (SSSR count). The summed E-state index contributed by atoms with van der Waals surface area (Å²) in [5.41, 5.74) is 2.19. The van der Waals surface area contributed by atoms with Crippen molar-refractivity contribution in [2.45, 2.75) is 6.54 Å². The molecule has 7 heteroatoms. The van der Waals surface area contributed by atoms with Crippen LogP contribution in [0.5, 0.6) is 0 Å². The number of rotatable bonds is 3. The molecule has 0 saturated carbocycles. The number of para-hydroxylation sites is 2. The van der Waals surface area contributed by atoms with E-state index in [4.69, 9.17) is 11.6 Å². The molecule has 108 valence electrons. The summed E-state index contributed by atoms with van der Waals surface area (Å²) >= 11 is 6.02. The van der Waals surface area contributed by atoms with Gasteiger partial charge in [0.05, 0.1) is 29.5 Å². The Bertz CT molecular complexity index is 854. The number of hydrogen-bond donors (Lipinski definition) is 1. The lowest BCUT2D eigenvalue weighted by atomic mass is 10.3. The predicted molar refractivity (Wildman–Crippen MR) is 82.7 cm³/mol. The van der Waals surface area contributed by atoms with Crippen LogP contribution in [0.3, 0.4) is 0 Å². The van der Waals surface area contributed by atoms with E-state index in [1.807, 2.05) is 47.8 Å². The van der Waals surface area contributed by atoms with Crippen molar-refractivity contribution in [1.29, 1.82) is 0 Å². The molecule has 0 saturated heterocycles. The number of benzene rings is 1. The van der Waals surface area contributed by atoms with Crippen molar-refractivity contribution in [3.8, 4) is 0 Å². The number of halogens is 1. The lowest BCUT2D eigenvalue weighted by molar-refractivity contribution is 0.772. The van der Waals surface area contributed by atoms with Crippen molar-refractivity contribution in [1.82, 2.24) is 19.7 Å². The van der Waals surface area contributed by atoms with Crippen LogP contribution in [0, 0.1) is 0 Å². The van der Waals surface area contributed by atoms with Gasteiger partial charge in [-0.1, -0.05) is 23.7 Å². The van der Waals surface area contributed by atoms with Crippen LogP contribution in [0.15, 0.2) is 35.3 Å². The predicted octanol–water partition coefficient (Wildman–Crippen LogP) is 1.95. The highest BCUT2D eigenvalue weighted by molar-refractivity contribution is 6.32. The summed E-state index contributed by atoms with van der Waals surface area (Å²) in [7, 11) is 3.82. The zero-order valence-electron chi connectivity index (χ0n) is 11.7. The Morgan fingerprint density at radius 3 is 2.90 bits per heavy atom. The van der Waals surface area contributed by atoms with Gasteiger partial charge in [-0.15, -0.1) is 0 Å². The molecule has 1 N–H and O–H groups in total. The lowest BCUT2D eigenvalue weighted by Gasteiger charge is -2.19. The molecule has 0 aliphatic carbocycles. The van der Waals surface area contributed by atoms with Crippen LogP contribution >= 0.6 is 11.6 Å². The molecule has 3 aromatic rings. The van der Waals surface area contributed by atoms with Crippen molar-refractivity contribution in [2.75, 3.05) is 11.9 Å². The van der Waals surface area contributed by atoms with Crippen LogP contribution in [0.2, 0.25) is 5.02 Å². The molecule has 0 aliphatic rings. The molecule has 0 radical (unpaired) electrons. The van der Waals surface area contributed by atoms with Crippen molar-refractivity contribution < 1.29 is 0 Å². The minimum atomic E-state index is -0.397. The van der Waals surface area contributed by atoms with Gasteiger partial charge in [0.2, 0.25) is 0 Å². The van der Waals surface area contributed by atoms with E-state index in [0.29, 0.717) is 12.2 Å². The van der Waals surface area contributed by atoms with Gasteiger partial charge in [0.25, 0.3) is 5.56 Å². The molecule has 0 aliphatic heterocycles. The van der Waals surface area contributed by atoms with Crippen LogP contribution in [-0.2, 0) is 13.6 Å². The van der Waals surface area contributed by atoms with Crippen molar-refractivity contribution in [3.63, 3.8) is 0 Å². The Kier molecular flexibility index (Phi) is 3.39. The molecule has 0 bridgehead atoms. The average Bonchev–Trinajstić information content (AvgIpc) is 2.79. The molecule has 0 atom stereocenters. The van der Waals surface area contributed by atoms with Gasteiger partial charge in [-0.25, -0.2) is 10.1 Å². The van der Waals surface area contributed by atoms with Crippen molar-refractivity contribution >= 4 is 28.3 Å². The van der Waals surface area contributed by atoms with Gasteiger partial charge in [0, 0.05) is 14.1 Å². The number of nitrogens with one attached hydrogen (secondary N) is 1. The van der Waals surface area contributed by atoms with Crippen LogP contribution in [0.1, 0.15) is 5.82 Å². The lowest BCUT2D eigenvalue weighted by Crippen LogP contribution is -2.22. The second kappa shape index (κ2) is 5.21. The molecular formula is C14H14ClN5O. The number of nitrogens with zero attached hydrogens (tertiary/aromatic N) is 4. The van der Waals surface area contributed by atoms with Gasteiger partial charge in [-0.3, -0.25) is 4.79 Å². The summed E-state index contributed by atoms with van der Waals surface area (Å²) in [6.07, 6.45) is 1.53. The Morgan fingerprint density at radius 1 is 1.38 bits per heavy atom. The second-order valence-electron chi connectivity index (χ2n) is 4.83. The number of anilines is 1. The fourth-order valence-electron chi connectivity index (χ4n) is 2.27. The number of aryl methyl sites for hydroxylation is 1. The fraction of sp³-hybridized carbons (Fsp3) is 0.214. The van der Waals surface area contributed by atoms with E-state index in [2.05, 4.69) is 15.2 Å². The zero-order chi connectivity index (χ0) is 15.0. The summed E-state index contributed by atoms with van der Waals surface area (Å²) in [4.78, 5) is 18.0. The van der Waals surface area contributed by atoms with Gasteiger partial charge < -0.3 is 9.47 Å². The van der Waals surface area contributed by atoms with E-state index in [1.54, 1.807) is 0 Å². The minimum Gasteiger partial charge on any atom is -0.364 e. The summed E-state index contributed by atoms with van der Waals surface area (Å²) < 4.78 is 2.03. The Balaban J connectivity index is 1.96. The molecule has 6 nitrogen and oxygen atoms in total. The van der Waals surface area contributed by atoms with E-state index in [-0.39, 0.29) is 5.02 Å². The molecule has 21 heavy (non-hydrogen) atoms. The number of H-pyrrole nitrogens is 1. The Hall–Kier alpha value is -2.34. The second-order valence-corrected chi connectivity index (χ2v) is 5.21. The highest BCUT2D eigenvalue weighted by atomic mass is 35.5. The number of aromatic amines is 1. The third kappa shape index (κ3) is 2.38. The fourth-order valence-corrected chi connectivity index (χ4v) is 2.51. The number of hydrogen-bond acceptors (Lipinski definition) is 4. The summed E-state index contributed by atoms with van der Waals surface area (Å²) in [6, 6.07) is 7.93. The number of fused-ring (bicyclic) bond motifs is 1. The molecule has 2 heterocycles. The highest BCUT2D eigenvalue weighted by Gasteiger charge is 2.14. The summed E-state index contributed by atoms with van der Waals surface area (Å²) in [5, 5.41) is 6.22. The smallest absolute Gasteiger partial charge is 0.285 e. The zero-order valence-corrected chi connectivity index (χ0v) is 12.4. The van der Waals surface area contributed by atoms with Crippen LogP contribution in [0.25, 0.3) is 11.0 Å². The third-order valence-electron chi connectivity index (χ3n) is 3.45. The van der Waals surface area contributed by atoms with Gasteiger partial charge >= 0.3 is 0 Å². The van der Waals surface area contributed by atoms with E-state index < -0.39 is 5.56 Å². The highest BCUT2D eigenvalue weighted by Crippen LogP contribution is 2.22. The first kappa shape index (κ1) is 13.6. The molecule has 0 spiro atoms. The normalized spacial score (nSPS) is 11.0. The number of imidazole rings is 1. The Labute approximate surface area is 126 Å². The molecular weight excluding hydrogens is 290 g/mol. The van der Waals surface area contributed by atoms with Crippen molar-refractivity contribution in [3.05, 3.63) is 51.7 Å². The maximum Gasteiger partial charge on any atom is 0.285 e. The van der Waals surface area contributed by atoms with E-state index in [0.717, 1.165) is 16.9 Å². The van der Waals surface area contributed by atoms with Crippen LogP contribution < -0.4 is 10.5 Å². The third-order valence-corrected chi connectivity index (χ3v) is 3.81. The molecule has 0 unspecified atom stereocenters. The first-order valence-corrected chi connectivity index (χ1v) is 6.80. The van der Waals surface area contributed by atoms with Crippen LogP contribution in [0.4, 0.5) is 5.69 Å². The molecule has 0 fully saturated rings. The van der Waals surface area contributed by atoms with E-state index >= 15 is 0 Å². The first-order valence-electron chi connectivity index (χ1n) is 6.42. The average molecular weight is 304 g/mol. The number of aromatic nitrogens is 4. The summed E-state index contributed by atoms with van der Waals surface area (Å²) in [5.74, 6) is 0.884. The van der Waals surface area contributed by atoms with E-state index in [1.165, 1.54) is 6.20 Å². The molecule has 1 aromatic carbocycles. The van der Waals surface area contributed by atoms with E-state index in [9.17, 15) is 4.79 Å². The topological polar surface area (TPSA) is 66.8 Å². The van der Waals surface area contributed by atoms with Crippen LogP contribution in [-0.4, -0.2) is 26.8 Å². The van der Waals surface area contributed by atoms with Gasteiger partial charge in [-0.2, -0.15) is 5.10 Å². The summed E-state index contributed by atoms with van der Waals surface area (Å²) in [6.45, 7) is 0.524. The monoisotopic (exact) mass is 303 g/mol. The standard InChI is InChI=1S/C14H14ClN5O/c1-19(11-7-16-18-14(21)13(11)15)8-12-17-9-5-3-4-6-10(9)20(12)2/h3-7H,8H2,1-2H3,(H,18,21). The van der Waals surface area contributed by atoms with Gasteiger partial charge in [0.15, 0.2) is 0 Å². The van der Waals surface area contributed by atoms with Gasteiger partial charge in [0.1, 0.15) is 10.8 Å². The largest absolute Gasteiger partial charge is 0.364 e. The minimum absolute atomic E-state index is 0.131. The SMILES string of the molecule is CN(Cc1nc2ccccc2n1C)c1cn[nH]c(=O)c1Cl. The molecule has 0 amide bonds. The van der Waals surface area contributed by atoms with Gasteiger partial charge in [-0.05, 0) is 12.1 Å². The van der Waals surface area contributed by atoms with Crippen molar-refractivity contribution in [2.24, 2.45) is 7.05 Å².